The van der Waals surface area contributed by atoms with E-state index in [4.69, 9.17) is 5.73 Å². The average Bonchev–Trinajstić information content (AvgIpc) is 2.85. The summed E-state index contributed by atoms with van der Waals surface area (Å²) in [4.78, 5) is 35.1. The third-order valence-electron chi connectivity index (χ3n) is 2.83. The molecule has 1 heterocycles. The van der Waals surface area contributed by atoms with E-state index in [1.165, 1.54) is 18.3 Å². The fourth-order valence-corrected chi connectivity index (χ4v) is 3.80. The Morgan fingerprint density at radius 3 is 2.74 bits per heavy atom. The second-order valence-corrected chi connectivity index (χ2v) is 6.51. The Hall–Kier alpha value is -1.34. The quantitative estimate of drug-likeness (QED) is 0.882. The number of rotatable bonds is 4. The highest BCUT2D eigenvalue weighted by Gasteiger charge is 2.26. The number of nitrogens with two attached hydrogens (primary N) is 1. The summed E-state index contributed by atoms with van der Waals surface area (Å²) in [6, 6.07) is 0. The Labute approximate surface area is 118 Å². The van der Waals surface area contributed by atoms with Gasteiger partial charge in [0.15, 0.2) is 5.12 Å². The highest BCUT2D eigenvalue weighted by molar-refractivity contribution is 8.14. The molecule has 102 valence electrons. The molecular weight excluding hydrogens is 284 g/mol. The molecule has 1 aliphatic carbocycles. The second-order valence-electron chi connectivity index (χ2n) is 4.25. The molecule has 1 aliphatic rings. The molecule has 1 aromatic heterocycles. The number of nitrogens with one attached hydrogen (secondary N) is 1. The van der Waals surface area contributed by atoms with Crippen LogP contribution in [0, 0.1) is 0 Å². The van der Waals surface area contributed by atoms with Gasteiger partial charge in [-0.3, -0.25) is 14.4 Å². The lowest BCUT2D eigenvalue weighted by molar-refractivity contribution is -0.114. The number of hydrogen-bond acceptors (Lipinski definition) is 5. The predicted molar refractivity (Wildman–Crippen MR) is 76.6 cm³/mol. The molecule has 0 aliphatic heterocycles. The van der Waals surface area contributed by atoms with Crippen molar-refractivity contribution in [2.75, 3.05) is 11.1 Å². The van der Waals surface area contributed by atoms with Crippen LogP contribution in [0.1, 0.15) is 34.1 Å². The van der Waals surface area contributed by atoms with Gasteiger partial charge in [0, 0.05) is 11.8 Å². The second kappa shape index (κ2) is 5.75. The van der Waals surface area contributed by atoms with Crippen LogP contribution >= 0.6 is 23.1 Å². The SMILES string of the molecule is CC(=O)SCC(=O)Nc1sc2c(c1C(N)=O)CCC2. The van der Waals surface area contributed by atoms with Gasteiger partial charge in [-0.25, -0.2) is 0 Å². The van der Waals surface area contributed by atoms with Crippen LogP contribution < -0.4 is 11.1 Å². The predicted octanol–water partition coefficient (Wildman–Crippen LogP) is 1.55. The number of fused-ring (bicyclic) bond motifs is 1. The van der Waals surface area contributed by atoms with Gasteiger partial charge in [-0.15, -0.1) is 11.3 Å². The highest BCUT2D eigenvalue weighted by Crippen LogP contribution is 2.38. The van der Waals surface area contributed by atoms with Gasteiger partial charge in [0.2, 0.25) is 5.91 Å². The topological polar surface area (TPSA) is 89.3 Å². The molecule has 2 rings (SSSR count). The van der Waals surface area contributed by atoms with Gasteiger partial charge < -0.3 is 11.1 Å². The van der Waals surface area contributed by atoms with Crippen LogP contribution in [0.2, 0.25) is 0 Å². The smallest absolute Gasteiger partial charge is 0.251 e. The highest BCUT2D eigenvalue weighted by atomic mass is 32.2. The Bertz CT molecular complexity index is 551. The van der Waals surface area contributed by atoms with Crippen LogP contribution in [0.4, 0.5) is 5.00 Å². The number of carbonyl (C=O) groups excluding carboxylic acids is 3. The lowest BCUT2D eigenvalue weighted by atomic mass is 10.1. The molecule has 0 unspecified atom stereocenters. The van der Waals surface area contributed by atoms with E-state index in [1.54, 1.807) is 0 Å². The van der Waals surface area contributed by atoms with Crippen molar-refractivity contribution in [3.8, 4) is 0 Å². The van der Waals surface area contributed by atoms with Gasteiger partial charge in [0.1, 0.15) is 5.00 Å². The van der Waals surface area contributed by atoms with E-state index < -0.39 is 5.91 Å². The molecule has 2 amide bonds. The van der Waals surface area contributed by atoms with Crippen LogP contribution in [0.15, 0.2) is 0 Å². The van der Waals surface area contributed by atoms with Crippen molar-refractivity contribution >= 4 is 45.0 Å². The van der Waals surface area contributed by atoms with Crippen LogP contribution in [0.5, 0.6) is 0 Å². The fourth-order valence-electron chi connectivity index (χ4n) is 2.08. The van der Waals surface area contributed by atoms with Crippen LogP contribution in [0.3, 0.4) is 0 Å². The van der Waals surface area contributed by atoms with Crippen LogP contribution in [-0.4, -0.2) is 22.7 Å². The molecule has 5 nitrogen and oxygen atoms in total. The van der Waals surface area contributed by atoms with Gasteiger partial charge in [-0.05, 0) is 24.8 Å². The van der Waals surface area contributed by atoms with E-state index in [0.29, 0.717) is 10.6 Å². The fraction of sp³-hybridized carbons (Fsp3) is 0.417. The maximum atomic E-state index is 11.7. The first-order chi connectivity index (χ1) is 8.99. The lowest BCUT2D eigenvalue weighted by Gasteiger charge is -2.05. The molecular formula is C12H14N2O3S2. The molecule has 0 saturated heterocycles. The summed E-state index contributed by atoms with van der Waals surface area (Å²) in [6.45, 7) is 1.41. The molecule has 19 heavy (non-hydrogen) atoms. The monoisotopic (exact) mass is 298 g/mol. The van der Waals surface area contributed by atoms with E-state index in [0.717, 1.165) is 41.5 Å². The maximum absolute atomic E-state index is 11.7. The number of carbonyl (C=O) groups is 3. The zero-order valence-electron chi connectivity index (χ0n) is 10.4. The number of aryl methyl sites for hydroxylation is 1. The minimum absolute atomic E-state index is 0.0517. The molecule has 0 aromatic carbocycles. The van der Waals surface area contributed by atoms with E-state index >= 15 is 0 Å². The average molecular weight is 298 g/mol. The van der Waals surface area contributed by atoms with Gasteiger partial charge >= 0.3 is 0 Å². The lowest BCUT2D eigenvalue weighted by Crippen LogP contribution is -2.19. The van der Waals surface area contributed by atoms with E-state index in [-0.39, 0.29) is 16.8 Å². The van der Waals surface area contributed by atoms with E-state index in [2.05, 4.69) is 5.32 Å². The minimum atomic E-state index is -0.506. The van der Waals surface area contributed by atoms with Crippen molar-refractivity contribution in [3.05, 3.63) is 16.0 Å². The zero-order chi connectivity index (χ0) is 14.0. The summed E-state index contributed by atoms with van der Waals surface area (Å²) in [5, 5.41) is 3.09. The van der Waals surface area contributed by atoms with Crippen molar-refractivity contribution in [2.24, 2.45) is 5.73 Å². The summed E-state index contributed by atoms with van der Waals surface area (Å²) in [6.07, 6.45) is 2.79. The van der Waals surface area contributed by atoms with Gasteiger partial charge in [-0.1, -0.05) is 11.8 Å². The third-order valence-corrected chi connectivity index (χ3v) is 4.85. The normalized spacial score (nSPS) is 13.1. The molecule has 0 bridgehead atoms. The third kappa shape index (κ3) is 3.16. The molecule has 7 heteroatoms. The van der Waals surface area contributed by atoms with Crippen LogP contribution in [0.25, 0.3) is 0 Å². The molecule has 0 saturated carbocycles. The number of hydrogen-bond donors (Lipinski definition) is 2. The Morgan fingerprint density at radius 2 is 2.11 bits per heavy atom. The standard InChI is InChI=1S/C12H14N2O3S2/c1-6(15)18-5-9(16)14-12-10(11(13)17)7-3-2-4-8(7)19-12/h2-5H2,1H3,(H2,13,17)(H,14,16). The zero-order valence-corrected chi connectivity index (χ0v) is 12.1. The molecule has 0 radical (unpaired) electrons. The van der Waals surface area contributed by atoms with E-state index in [9.17, 15) is 14.4 Å². The van der Waals surface area contributed by atoms with Crippen molar-refractivity contribution < 1.29 is 14.4 Å². The van der Waals surface area contributed by atoms with Gasteiger partial charge in [0.05, 0.1) is 11.3 Å². The van der Waals surface area contributed by atoms with Gasteiger partial charge in [0.25, 0.3) is 5.91 Å². The van der Waals surface area contributed by atoms with Crippen molar-refractivity contribution in [2.45, 2.75) is 26.2 Å². The molecule has 0 fully saturated rings. The van der Waals surface area contributed by atoms with Crippen molar-refractivity contribution in [3.63, 3.8) is 0 Å². The summed E-state index contributed by atoms with van der Waals surface area (Å²) in [5.41, 5.74) is 6.81. The summed E-state index contributed by atoms with van der Waals surface area (Å²) in [5.74, 6) is -0.743. The molecule has 3 N–H and O–H groups in total. The number of anilines is 1. The first-order valence-corrected chi connectivity index (χ1v) is 7.66. The first-order valence-electron chi connectivity index (χ1n) is 5.86. The Kier molecular flexibility index (Phi) is 4.26. The number of amides is 2. The largest absolute Gasteiger partial charge is 0.365 e. The Morgan fingerprint density at radius 1 is 1.37 bits per heavy atom. The minimum Gasteiger partial charge on any atom is -0.365 e. The molecule has 0 atom stereocenters. The van der Waals surface area contributed by atoms with Crippen LogP contribution in [-0.2, 0) is 22.4 Å². The first kappa shape index (κ1) is 14.1. The molecule has 1 aromatic rings. The molecule has 0 spiro atoms. The maximum Gasteiger partial charge on any atom is 0.251 e. The van der Waals surface area contributed by atoms with E-state index in [1.807, 2.05) is 0 Å². The Balaban J connectivity index is 2.14. The number of thiophene rings is 1. The number of thioether (sulfide) groups is 1. The van der Waals surface area contributed by atoms with Gasteiger partial charge in [-0.2, -0.15) is 0 Å². The van der Waals surface area contributed by atoms with Crippen molar-refractivity contribution in [1.82, 2.24) is 0 Å². The summed E-state index contributed by atoms with van der Waals surface area (Å²) >= 11 is 2.35. The number of primary amides is 1. The van der Waals surface area contributed by atoms with Crippen molar-refractivity contribution in [1.29, 1.82) is 0 Å². The summed E-state index contributed by atoms with van der Waals surface area (Å²) < 4.78 is 0. The summed E-state index contributed by atoms with van der Waals surface area (Å²) in [7, 11) is 0.